The molecule has 0 radical (unpaired) electrons. The Morgan fingerprint density at radius 3 is 2.38 bits per heavy atom. The van der Waals surface area contributed by atoms with Crippen LogP contribution in [0.2, 0.25) is 0 Å². The van der Waals surface area contributed by atoms with Gasteiger partial charge in [-0.2, -0.15) is 0 Å². The molecule has 16 heavy (non-hydrogen) atoms. The van der Waals surface area contributed by atoms with Crippen LogP contribution in [-0.4, -0.2) is 41.1 Å². The van der Waals surface area contributed by atoms with Crippen LogP contribution in [0, 0.1) is 11.8 Å². The van der Waals surface area contributed by atoms with E-state index in [-0.39, 0.29) is 0 Å². The van der Waals surface area contributed by atoms with Crippen LogP contribution in [-0.2, 0) is 4.79 Å². The Kier molecular flexibility index (Phi) is 4.33. The molecule has 0 bridgehead atoms. The minimum absolute atomic E-state index is 0.543. The summed E-state index contributed by atoms with van der Waals surface area (Å²) < 4.78 is 0. The van der Waals surface area contributed by atoms with Crippen molar-refractivity contribution in [1.29, 1.82) is 0 Å². The van der Waals surface area contributed by atoms with Gasteiger partial charge in [0.25, 0.3) is 0 Å². The quantitative estimate of drug-likeness (QED) is 0.741. The fourth-order valence-corrected chi connectivity index (χ4v) is 2.21. The molecule has 4 heteroatoms. The Morgan fingerprint density at radius 1 is 1.44 bits per heavy atom. The van der Waals surface area contributed by atoms with E-state index in [0.29, 0.717) is 6.42 Å². The largest absolute Gasteiger partial charge is 0.480 e. The summed E-state index contributed by atoms with van der Waals surface area (Å²) in [6, 6.07) is 0. The van der Waals surface area contributed by atoms with Gasteiger partial charge in [-0.3, -0.25) is 4.79 Å². The Morgan fingerprint density at radius 2 is 1.94 bits per heavy atom. The first-order chi connectivity index (χ1) is 7.33. The third kappa shape index (κ3) is 3.46. The highest BCUT2D eigenvalue weighted by Crippen LogP contribution is 2.22. The summed E-state index contributed by atoms with van der Waals surface area (Å²) in [7, 11) is 0. The lowest BCUT2D eigenvalue weighted by molar-refractivity contribution is -0.142. The average Bonchev–Trinajstić information content (AvgIpc) is 2.45. The van der Waals surface area contributed by atoms with Crippen molar-refractivity contribution in [2.24, 2.45) is 17.6 Å². The van der Waals surface area contributed by atoms with Crippen molar-refractivity contribution < 1.29 is 9.90 Å². The molecule has 0 aliphatic carbocycles. The van der Waals surface area contributed by atoms with Crippen molar-refractivity contribution in [2.45, 2.75) is 39.2 Å². The van der Waals surface area contributed by atoms with E-state index in [1.807, 2.05) is 0 Å². The van der Waals surface area contributed by atoms with E-state index >= 15 is 0 Å². The lowest BCUT2D eigenvalue weighted by Gasteiger charge is -2.21. The van der Waals surface area contributed by atoms with Crippen molar-refractivity contribution >= 4 is 5.97 Å². The molecule has 3 unspecified atom stereocenters. The number of likely N-dealkylation sites (tertiary alicyclic amines) is 1. The van der Waals surface area contributed by atoms with Crippen LogP contribution in [0.3, 0.4) is 0 Å². The highest BCUT2D eigenvalue weighted by Gasteiger charge is 2.29. The molecule has 1 saturated heterocycles. The van der Waals surface area contributed by atoms with E-state index in [9.17, 15) is 4.79 Å². The van der Waals surface area contributed by atoms with Gasteiger partial charge in [0, 0.05) is 13.1 Å². The molecule has 1 aliphatic rings. The van der Waals surface area contributed by atoms with Gasteiger partial charge in [-0.05, 0) is 38.1 Å². The van der Waals surface area contributed by atoms with Crippen molar-refractivity contribution in [1.82, 2.24) is 4.90 Å². The van der Waals surface area contributed by atoms with Crippen LogP contribution in [0.15, 0.2) is 0 Å². The smallest absolute Gasteiger partial charge is 0.323 e. The van der Waals surface area contributed by atoms with Crippen molar-refractivity contribution in [3.63, 3.8) is 0 Å². The lowest BCUT2D eigenvalue weighted by Crippen LogP contribution is -2.45. The lowest BCUT2D eigenvalue weighted by atomic mass is 9.97. The topological polar surface area (TPSA) is 66.6 Å². The summed E-state index contributed by atoms with van der Waals surface area (Å²) in [6.07, 6.45) is 1.40. The predicted molar refractivity (Wildman–Crippen MR) is 64.2 cm³/mol. The predicted octanol–water partition coefficient (Wildman–Crippen LogP) is 1.16. The number of carbonyl (C=O) groups is 1. The van der Waals surface area contributed by atoms with Crippen LogP contribution in [0.4, 0.5) is 0 Å². The number of hydrogen-bond donors (Lipinski definition) is 2. The van der Waals surface area contributed by atoms with Gasteiger partial charge in [0.05, 0.1) is 0 Å². The minimum Gasteiger partial charge on any atom is -0.480 e. The highest BCUT2D eigenvalue weighted by molar-refractivity contribution is 5.77. The molecule has 1 aliphatic heterocycles. The normalized spacial score (nSPS) is 30.2. The van der Waals surface area contributed by atoms with E-state index in [0.717, 1.165) is 37.9 Å². The molecule has 0 aromatic carbocycles. The van der Waals surface area contributed by atoms with Crippen LogP contribution < -0.4 is 5.73 Å². The first-order valence-electron chi connectivity index (χ1n) is 6.07. The molecule has 0 amide bonds. The van der Waals surface area contributed by atoms with Gasteiger partial charge in [0.1, 0.15) is 5.54 Å². The molecule has 4 nitrogen and oxygen atoms in total. The number of hydrogen-bond acceptors (Lipinski definition) is 3. The highest BCUT2D eigenvalue weighted by atomic mass is 16.4. The molecule has 94 valence electrons. The number of carboxylic acid groups (broad SMARTS) is 1. The first kappa shape index (κ1) is 13.5. The van der Waals surface area contributed by atoms with Crippen molar-refractivity contribution in [2.75, 3.05) is 19.6 Å². The fourth-order valence-electron chi connectivity index (χ4n) is 2.21. The van der Waals surface area contributed by atoms with Gasteiger partial charge in [-0.25, -0.2) is 0 Å². The maximum atomic E-state index is 10.8. The second kappa shape index (κ2) is 5.15. The SMILES string of the molecule is CC1CN(CCCC(C)(N)C(=O)O)CC1C. The molecule has 0 spiro atoms. The first-order valence-corrected chi connectivity index (χ1v) is 6.07. The maximum Gasteiger partial charge on any atom is 0.323 e. The fraction of sp³-hybridized carbons (Fsp3) is 0.917. The second-order valence-corrected chi connectivity index (χ2v) is 5.54. The molecule has 0 aromatic rings. The standard InChI is InChI=1S/C12H24N2O2/c1-9-7-14(8-10(9)2)6-4-5-12(3,13)11(15)16/h9-10H,4-8,13H2,1-3H3,(H,15,16). The number of carboxylic acids is 1. The molecule has 1 fully saturated rings. The molecule has 0 aromatic heterocycles. The Bertz CT molecular complexity index is 243. The molecule has 1 rings (SSSR count). The third-order valence-corrected chi connectivity index (χ3v) is 3.72. The van der Waals surface area contributed by atoms with Gasteiger partial charge in [0.15, 0.2) is 0 Å². The van der Waals surface area contributed by atoms with E-state index in [1.54, 1.807) is 6.92 Å². The molecular formula is C12H24N2O2. The summed E-state index contributed by atoms with van der Waals surface area (Å²) in [5.41, 5.74) is 4.61. The number of nitrogens with two attached hydrogens (primary N) is 1. The van der Waals surface area contributed by atoms with Crippen LogP contribution in [0.1, 0.15) is 33.6 Å². The Balaban J connectivity index is 2.24. The summed E-state index contributed by atoms with van der Waals surface area (Å²) >= 11 is 0. The van der Waals surface area contributed by atoms with E-state index < -0.39 is 11.5 Å². The monoisotopic (exact) mass is 228 g/mol. The van der Waals surface area contributed by atoms with Crippen LogP contribution in [0.25, 0.3) is 0 Å². The zero-order chi connectivity index (χ0) is 12.3. The molecule has 3 N–H and O–H groups in total. The van der Waals surface area contributed by atoms with Crippen molar-refractivity contribution in [3.8, 4) is 0 Å². The third-order valence-electron chi connectivity index (χ3n) is 3.72. The van der Waals surface area contributed by atoms with Crippen LogP contribution >= 0.6 is 0 Å². The zero-order valence-electron chi connectivity index (χ0n) is 10.6. The summed E-state index contributed by atoms with van der Waals surface area (Å²) in [5.74, 6) is 0.600. The maximum absolute atomic E-state index is 10.8. The van der Waals surface area contributed by atoms with Crippen LogP contribution in [0.5, 0.6) is 0 Å². The van der Waals surface area contributed by atoms with E-state index in [2.05, 4.69) is 18.7 Å². The van der Waals surface area contributed by atoms with Gasteiger partial charge in [0.2, 0.25) is 0 Å². The summed E-state index contributed by atoms with van der Waals surface area (Å²) in [6.45, 7) is 9.37. The molecule has 0 saturated carbocycles. The number of aliphatic carboxylic acids is 1. The summed E-state index contributed by atoms with van der Waals surface area (Å²) in [4.78, 5) is 13.2. The number of nitrogens with zero attached hydrogens (tertiary/aromatic N) is 1. The Labute approximate surface area is 97.8 Å². The van der Waals surface area contributed by atoms with Gasteiger partial charge >= 0.3 is 5.97 Å². The van der Waals surface area contributed by atoms with Gasteiger partial charge in [-0.15, -0.1) is 0 Å². The van der Waals surface area contributed by atoms with Gasteiger partial charge < -0.3 is 15.7 Å². The number of rotatable bonds is 5. The zero-order valence-corrected chi connectivity index (χ0v) is 10.6. The Hall–Kier alpha value is -0.610. The summed E-state index contributed by atoms with van der Waals surface area (Å²) in [5, 5.41) is 8.88. The molecular weight excluding hydrogens is 204 g/mol. The average molecular weight is 228 g/mol. The minimum atomic E-state index is -1.07. The second-order valence-electron chi connectivity index (χ2n) is 5.54. The van der Waals surface area contributed by atoms with Crippen molar-refractivity contribution in [3.05, 3.63) is 0 Å². The van der Waals surface area contributed by atoms with E-state index in [4.69, 9.17) is 10.8 Å². The van der Waals surface area contributed by atoms with E-state index in [1.165, 1.54) is 0 Å². The van der Waals surface area contributed by atoms with Gasteiger partial charge in [-0.1, -0.05) is 13.8 Å². The molecule has 1 heterocycles. The molecule has 3 atom stereocenters.